The first kappa shape index (κ1) is 32.3. The molecule has 5 heteroatoms. The largest absolute Gasteiger partial charge is 0.238 e. The van der Waals surface area contributed by atoms with Gasteiger partial charge in [-0.1, -0.05) is 91.0 Å². The predicted molar refractivity (Wildman–Crippen MR) is 214 cm³/mol. The second kappa shape index (κ2) is 12.2. The van der Waals surface area contributed by atoms with Gasteiger partial charge in [0.2, 0.25) is 0 Å². The third kappa shape index (κ3) is 5.42. The molecule has 5 aromatic rings. The van der Waals surface area contributed by atoms with Crippen LogP contribution < -0.4 is 0 Å². The molecule has 1 aromatic heterocycles. The summed E-state index contributed by atoms with van der Waals surface area (Å²) < 4.78 is 0. The van der Waals surface area contributed by atoms with Crippen molar-refractivity contribution in [3.63, 3.8) is 0 Å². The average molecular weight is 704 g/mol. The number of benzene rings is 4. The highest BCUT2D eigenvalue weighted by atomic mass is 15.0. The SMILES string of the molecule is [C-]#[N+]c1ccc(-c2nc(-c3ccc([N+]#[C-])cc3)nc(-c3ccc(-c4cc(C56CC7CC(CC(C7)C5)C6)cc(C56CC7CC(CC(C7)C5)C6)c4)cc3)n2)cc1. The molecule has 1 heterocycles. The highest BCUT2D eigenvalue weighted by Crippen LogP contribution is 2.64. The molecule has 8 saturated carbocycles. The van der Waals surface area contributed by atoms with Gasteiger partial charge >= 0.3 is 0 Å². The van der Waals surface area contributed by atoms with Gasteiger partial charge in [-0.2, -0.15) is 0 Å². The van der Waals surface area contributed by atoms with Gasteiger partial charge in [-0.05, 0) is 146 Å². The van der Waals surface area contributed by atoms with Gasteiger partial charge in [-0.15, -0.1) is 0 Å². The molecule has 13 rings (SSSR count). The lowest BCUT2D eigenvalue weighted by molar-refractivity contribution is -0.00832. The molecule has 8 bridgehead atoms. The van der Waals surface area contributed by atoms with Crippen molar-refractivity contribution < 1.29 is 0 Å². The Hall–Kier alpha value is -5.13. The van der Waals surface area contributed by atoms with E-state index >= 15 is 0 Å². The van der Waals surface area contributed by atoms with E-state index in [4.69, 9.17) is 28.1 Å². The van der Waals surface area contributed by atoms with E-state index in [1.165, 1.54) is 88.2 Å². The Morgan fingerprint density at radius 2 is 0.685 bits per heavy atom. The van der Waals surface area contributed by atoms with Gasteiger partial charge in [-0.3, -0.25) is 0 Å². The molecule has 54 heavy (non-hydrogen) atoms. The summed E-state index contributed by atoms with van der Waals surface area (Å²) in [5, 5.41) is 0. The van der Waals surface area contributed by atoms with Crippen LogP contribution in [0.15, 0.2) is 91.0 Å². The van der Waals surface area contributed by atoms with Crippen molar-refractivity contribution in [3.8, 4) is 45.3 Å². The minimum Gasteiger partial charge on any atom is -0.238 e. The molecule has 0 aliphatic heterocycles. The molecule has 0 saturated heterocycles. The lowest BCUT2D eigenvalue weighted by Gasteiger charge is -2.58. The van der Waals surface area contributed by atoms with Crippen molar-refractivity contribution in [1.29, 1.82) is 0 Å². The van der Waals surface area contributed by atoms with Crippen LogP contribution in [0.5, 0.6) is 0 Å². The molecule has 0 spiro atoms. The summed E-state index contributed by atoms with van der Waals surface area (Å²) in [7, 11) is 0. The molecule has 5 nitrogen and oxygen atoms in total. The van der Waals surface area contributed by atoms with Crippen LogP contribution in [0.4, 0.5) is 11.4 Å². The zero-order valence-electron chi connectivity index (χ0n) is 30.8. The third-order valence-electron chi connectivity index (χ3n) is 14.9. The minimum atomic E-state index is 0.360. The Bertz CT molecular complexity index is 2150. The highest BCUT2D eigenvalue weighted by Gasteiger charge is 2.54. The summed E-state index contributed by atoms with van der Waals surface area (Å²) in [6.45, 7) is 14.8. The van der Waals surface area contributed by atoms with Gasteiger partial charge in [0.05, 0.1) is 13.1 Å². The van der Waals surface area contributed by atoms with E-state index in [2.05, 4.69) is 52.2 Å². The fourth-order valence-corrected chi connectivity index (χ4v) is 13.3. The summed E-state index contributed by atoms with van der Waals surface area (Å²) in [6.07, 6.45) is 17.2. The van der Waals surface area contributed by atoms with Crippen LogP contribution in [0, 0.1) is 48.7 Å². The maximum atomic E-state index is 7.39. The van der Waals surface area contributed by atoms with Gasteiger partial charge in [0.15, 0.2) is 28.8 Å². The van der Waals surface area contributed by atoms with Crippen molar-refractivity contribution in [1.82, 2.24) is 15.0 Å². The molecule has 0 radical (unpaired) electrons. The quantitative estimate of drug-likeness (QED) is 0.165. The molecule has 0 unspecified atom stereocenters. The summed E-state index contributed by atoms with van der Waals surface area (Å²) in [5.74, 6) is 7.29. The standard InChI is InChI=1S/C49H45N5/c1-50-43-11-7-38(8-12-43)46-52-45(53-47(54-46)39-9-13-44(51-2)14-10-39)37-5-3-36(4-6-37)40-21-41(48-24-30-15-31(25-48)17-32(16-30)26-48)23-42(22-40)49-27-33-18-34(28-49)20-35(19-33)29-49/h3-14,21-23,30-35H,15-20,24-29H2. The second-order valence-electron chi connectivity index (χ2n) is 18.4. The molecule has 0 N–H and O–H groups in total. The Morgan fingerprint density at radius 1 is 0.389 bits per heavy atom. The smallest absolute Gasteiger partial charge is 0.187 e. The molecule has 4 aromatic carbocycles. The molecule has 8 fully saturated rings. The lowest BCUT2D eigenvalue weighted by Crippen LogP contribution is -2.50. The van der Waals surface area contributed by atoms with E-state index in [0.29, 0.717) is 39.7 Å². The molecule has 266 valence electrons. The maximum Gasteiger partial charge on any atom is 0.187 e. The zero-order chi connectivity index (χ0) is 36.0. The third-order valence-corrected chi connectivity index (χ3v) is 14.9. The maximum absolute atomic E-state index is 7.39. The Kier molecular flexibility index (Phi) is 7.30. The minimum absolute atomic E-state index is 0.360. The number of nitrogens with zero attached hydrogens (tertiary/aromatic N) is 5. The van der Waals surface area contributed by atoms with E-state index in [0.717, 1.165) is 52.2 Å². The first-order chi connectivity index (χ1) is 26.4. The van der Waals surface area contributed by atoms with Crippen molar-refractivity contribution >= 4 is 11.4 Å². The Balaban J connectivity index is 0.997. The van der Waals surface area contributed by atoms with Crippen LogP contribution in [-0.2, 0) is 10.8 Å². The molecular formula is C49H45N5. The number of hydrogen-bond acceptors (Lipinski definition) is 3. The van der Waals surface area contributed by atoms with Gasteiger partial charge in [-0.25, -0.2) is 24.6 Å². The summed E-state index contributed by atoms with van der Waals surface area (Å²) >= 11 is 0. The molecular weight excluding hydrogens is 659 g/mol. The van der Waals surface area contributed by atoms with E-state index in [1.807, 2.05) is 24.3 Å². The Morgan fingerprint density at radius 3 is 1.00 bits per heavy atom. The van der Waals surface area contributed by atoms with Crippen LogP contribution in [0.25, 0.3) is 55.0 Å². The van der Waals surface area contributed by atoms with E-state index < -0.39 is 0 Å². The number of rotatable bonds is 6. The van der Waals surface area contributed by atoms with Crippen LogP contribution in [0.2, 0.25) is 0 Å². The average Bonchev–Trinajstić information content (AvgIpc) is 3.20. The lowest BCUT2D eigenvalue weighted by atomic mass is 9.46. The van der Waals surface area contributed by atoms with Crippen molar-refractivity contribution in [2.45, 2.75) is 87.9 Å². The van der Waals surface area contributed by atoms with Crippen LogP contribution in [0.1, 0.15) is 88.2 Å². The monoisotopic (exact) mass is 703 g/mol. The van der Waals surface area contributed by atoms with E-state index in [9.17, 15) is 0 Å². The fraction of sp³-hybridized carbons (Fsp3) is 0.408. The summed E-state index contributed by atoms with van der Waals surface area (Å²) in [5.41, 5.74) is 10.5. The first-order valence-electron chi connectivity index (χ1n) is 20.4. The molecule has 8 aliphatic carbocycles. The summed E-state index contributed by atoms with van der Waals surface area (Å²) in [6, 6.07) is 31.8. The topological polar surface area (TPSA) is 47.4 Å². The van der Waals surface area contributed by atoms with Gasteiger partial charge in [0, 0.05) is 16.7 Å². The summed E-state index contributed by atoms with van der Waals surface area (Å²) in [4.78, 5) is 22.0. The normalized spacial score (nSPS) is 31.3. The van der Waals surface area contributed by atoms with Crippen LogP contribution >= 0.6 is 0 Å². The Labute approximate surface area is 319 Å². The molecule has 8 aliphatic rings. The van der Waals surface area contributed by atoms with Gasteiger partial charge < -0.3 is 0 Å². The first-order valence-corrected chi connectivity index (χ1v) is 20.4. The fourth-order valence-electron chi connectivity index (χ4n) is 13.3. The van der Waals surface area contributed by atoms with E-state index in [-0.39, 0.29) is 0 Å². The predicted octanol–water partition coefficient (Wildman–Crippen LogP) is 12.6. The zero-order valence-corrected chi connectivity index (χ0v) is 30.8. The number of hydrogen-bond donors (Lipinski definition) is 0. The van der Waals surface area contributed by atoms with Crippen molar-refractivity contribution in [2.75, 3.05) is 0 Å². The molecule has 0 amide bonds. The highest BCUT2D eigenvalue weighted by molar-refractivity contribution is 5.72. The number of aromatic nitrogens is 3. The molecule has 0 atom stereocenters. The van der Waals surface area contributed by atoms with Crippen LogP contribution in [0.3, 0.4) is 0 Å². The second-order valence-corrected chi connectivity index (χ2v) is 18.4. The van der Waals surface area contributed by atoms with Crippen molar-refractivity contribution in [3.05, 3.63) is 125 Å². The van der Waals surface area contributed by atoms with Gasteiger partial charge in [0.1, 0.15) is 0 Å². The van der Waals surface area contributed by atoms with Crippen molar-refractivity contribution in [2.24, 2.45) is 35.5 Å². The van der Waals surface area contributed by atoms with E-state index in [1.54, 1.807) is 35.4 Å². The van der Waals surface area contributed by atoms with Crippen LogP contribution in [-0.4, -0.2) is 15.0 Å². The van der Waals surface area contributed by atoms with Gasteiger partial charge in [0.25, 0.3) is 0 Å².